The number of phenolic OH excluding ortho intramolecular Hbond substituents is 1. The Morgan fingerprint density at radius 2 is 2.10 bits per heavy atom. The van der Waals surface area contributed by atoms with Crippen LogP contribution >= 0.6 is 0 Å². The highest BCUT2D eigenvalue weighted by Gasteiger charge is 2.03. The molecule has 0 amide bonds. The van der Waals surface area contributed by atoms with Gasteiger partial charge in [-0.15, -0.1) is 0 Å². The summed E-state index contributed by atoms with van der Waals surface area (Å²) >= 11 is 0. The van der Waals surface area contributed by atoms with E-state index < -0.39 is 5.97 Å². The Hall–Kier alpha value is -2.23. The maximum Gasteiger partial charge on any atom is 0.331 e. The molecule has 1 aromatic carbocycles. The van der Waals surface area contributed by atoms with Gasteiger partial charge in [-0.25, -0.2) is 4.79 Å². The Kier molecular flexibility index (Phi) is 7.09. The number of benzene rings is 1. The summed E-state index contributed by atoms with van der Waals surface area (Å²) in [6.45, 7) is 6.68. The number of allylic oxidation sites excluding steroid dienone is 1. The summed E-state index contributed by atoms with van der Waals surface area (Å²) in [6, 6.07) is 4.93. The predicted molar refractivity (Wildman–Crippen MR) is 83.3 cm³/mol. The van der Waals surface area contributed by atoms with Crippen molar-refractivity contribution in [1.82, 2.24) is 0 Å². The normalized spacial score (nSPS) is 10.4. The number of rotatable bonds is 7. The van der Waals surface area contributed by atoms with Crippen molar-refractivity contribution in [3.63, 3.8) is 0 Å². The first kappa shape index (κ1) is 16.8. The summed E-state index contributed by atoms with van der Waals surface area (Å²) in [6.07, 6.45) is 5.68. The van der Waals surface area contributed by atoms with Gasteiger partial charge in [0.2, 0.25) is 0 Å². The lowest BCUT2D eigenvalue weighted by atomic mass is 10.2. The van der Waals surface area contributed by atoms with Gasteiger partial charge in [-0.3, -0.25) is 0 Å². The van der Waals surface area contributed by atoms with E-state index in [1.165, 1.54) is 6.08 Å². The van der Waals surface area contributed by atoms with Crippen LogP contribution in [0.4, 0.5) is 0 Å². The number of ether oxygens (including phenoxy) is 2. The van der Waals surface area contributed by atoms with E-state index in [-0.39, 0.29) is 12.4 Å². The zero-order valence-corrected chi connectivity index (χ0v) is 12.8. The fourth-order valence-electron chi connectivity index (χ4n) is 1.46. The Balaban J connectivity index is 2.63. The van der Waals surface area contributed by atoms with Gasteiger partial charge in [-0.2, -0.15) is 0 Å². The van der Waals surface area contributed by atoms with Gasteiger partial charge >= 0.3 is 5.97 Å². The van der Waals surface area contributed by atoms with Crippen molar-refractivity contribution in [2.75, 3.05) is 13.2 Å². The molecule has 0 spiro atoms. The molecular weight excluding hydrogens is 268 g/mol. The summed E-state index contributed by atoms with van der Waals surface area (Å²) in [7, 11) is 0. The third-order valence-corrected chi connectivity index (χ3v) is 2.57. The van der Waals surface area contributed by atoms with Crippen LogP contribution in [0.2, 0.25) is 0 Å². The standard InChI is InChI=1S/C17H22O4/c1-4-10-20-16-12-14(5-7-15(16)18)6-8-17(19)21-11-9-13(2)3/h5-9,12,18H,4,10-11H2,1-3H3. The number of aromatic hydroxyl groups is 1. The number of hydrogen-bond acceptors (Lipinski definition) is 4. The second-order valence-electron chi connectivity index (χ2n) is 4.82. The van der Waals surface area contributed by atoms with Crippen LogP contribution in [0.5, 0.6) is 11.5 Å². The van der Waals surface area contributed by atoms with Gasteiger partial charge in [0.15, 0.2) is 11.5 Å². The summed E-state index contributed by atoms with van der Waals surface area (Å²) < 4.78 is 10.4. The molecule has 0 saturated carbocycles. The molecule has 21 heavy (non-hydrogen) atoms. The van der Waals surface area contributed by atoms with E-state index in [4.69, 9.17) is 9.47 Å². The fraction of sp³-hybridized carbons (Fsp3) is 0.353. The van der Waals surface area contributed by atoms with E-state index in [1.807, 2.05) is 26.8 Å². The summed E-state index contributed by atoms with van der Waals surface area (Å²) in [5.41, 5.74) is 1.86. The van der Waals surface area contributed by atoms with Crippen molar-refractivity contribution < 1.29 is 19.4 Å². The van der Waals surface area contributed by atoms with Crippen LogP contribution < -0.4 is 4.74 Å². The highest BCUT2D eigenvalue weighted by molar-refractivity contribution is 5.87. The first-order valence-electron chi connectivity index (χ1n) is 6.97. The zero-order chi connectivity index (χ0) is 15.7. The number of hydrogen-bond donors (Lipinski definition) is 1. The summed E-state index contributed by atoms with van der Waals surface area (Å²) in [4.78, 5) is 11.5. The number of esters is 1. The molecule has 4 nitrogen and oxygen atoms in total. The molecular formula is C17H22O4. The van der Waals surface area contributed by atoms with E-state index in [1.54, 1.807) is 24.3 Å². The number of carbonyl (C=O) groups is 1. The van der Waals surface area contributed by atoms with Gasteiger partial charge in [-0.1, -0.05) is 18.6 Å². The lowest BCUT2D eigenvalue weighted by molar-refractivity contribution is -0.136. The lowest BCUT2D eigenvalue weighted by Gasteiger charge is -2.07. The Morgan fingerprint density at radius 3 is 2.76 bits per heavy atom. The topological polar surface area (TPSA) is 55.8 Å². The SMILES string of the molecule is CCCOc1cc(C=CC(=O)OCC=C(C)C)ccc1O. The average Bonchev–Trinajstić information content (AvgIpc) is 2.44. The zero-order valence-electron chi connectivity index (χ0n) is 12.8. The molecule has 0 aromatic heterocycles. The highest BCUT2D eigenvalue weighted by Crippen LogP contribution is 2.27. The van der Waals surface area contributed by atoms with Crippen molar-refractivity contribution in [3.8, 4) is 11.5 Å². The van der Waals surface area contributed by atoms with Crippen molar-refractivity contribution in [2.24, 2.45) is 0 Å². The molecule has 0 unspecified atom stereocenters. The lowest BCUT2D eigenvalue weighted by Crippen LogP contribution is -2.00. The second-order valence-corrected chi connectivity index (χ2v) is 4.82. The van der Waals surface area contributed by atoms with Gasteiger partial charge in [0.05, 0.1) is 6.61 Å². The van der Waals surface area contributed by atoms with Gasteiger partial charge in [0.25, 0.3) is 0 Å². The molecule has 0 aliphatic carbocycles. The van der Waals surface area contributed by atoms with Crippen LogP contribution in [0.15, 0.2) is 35.9 Å². The van der Waals surface area contributed by atoms with E-state index in [2.05, 4.69) is 0 Å². The minimum absolute atomic E-state index is 0.0896. The average molecular weight is 290 g/mol. The molecule has 4 heteroatoms. The van der Waals surface area contributed by atoms with Crippen molar-refractivity contribution in [2.45, 2.75) is 27.2 Å². The van der Waals surface area contributed by atoms with E-state index in [0.717, 1.165) is 17.6 Å². The molecule has 1 rings (SSSR count). The van der Waals surface area contributed by atoms with E-state index in [9.17, 15) is 9.90 Å². The van der Waals surface area contributed by atoms with E-state index >= 15 is 0 Å². The van der Waals surface area contributed by atoms with Crippen LogP contribution in [-0.4, -0.2) is 24.3 Å². The van der Waals surface area contributed by atoms with Gasteiger partial charge < -0.3 is 14.6 Å². The van der Waals surface area contributed by atoms with Crippen LogP contribution in [-0.2, 0) is 9.53 Å². The molecule has 0 aliphatic rings. The first-order valence-corrected chi connectivity index (χ1v) is 6.97. The minimum Gasteiger partial charge on any atom is -0.504 e. The largest absolute Gasteiger partial charge is 0.504 e. The first-order chi connectivity index (χ1) is 10.0. The number of phenols is 1. The van der Waals surface area contributed by atoms with Gasteiger partial charge in [0, 0.05) is 6.08 Å². The third-order valence-electron chi connectivity index (χ3n) is 2.57. The van der Waals surface area contributed by atoms with Crippen LogP contribution in [0.1, 0.15) is 32.8 Å². The Bertz CT molecular complexity index is 526. The third kappa shape index (κ3) is 6.65. The molecule has 0 aliphatic heterocycles. The maximum atomic E-state index is 11.5. The van der Waals surface area contributed by atoms with Crippen molar-refractivity contribution >= 4 is 12.0 Å². The molecule has 0 heterocycles. The van der Waals surface area contributed by atoms with Crippen LogP contribution in [0.3, 0.4) is 0 Å². The summed E-state index contributed by atoms with van der Waals surface area (Å²) in [5, 5.41) is 9.66. The van der Waals surface area contributed by atoms with Crippen LogP contribution in [0.25, 0.3) is 6.08 Å². The van der Waals surface area contributed by atoms with E-state index in [0.29, 0.717) is 12.4 Å². The second kappa shape index (κ2) is 8.84. The smallest absolute Gasteiger partial charge is 0.331 e. The van der Waals surface area contributed by atoms with Gasteiger partial charge in [0.1, 0.15) is 6.61 Å². The minimum atomic E-state index is -0.406. The molecule has 0 fully saturated rings. The molecule has 0 saturated heterocycles. The van der Waals surface area contributed by atoms with Gasteiger partial charge in [-0.05, 0) is 50.1 Å². The van der Waals surface area contributed by atoms with Crippen molar-refractivity contribution in [3.05, 3.63) is 41.5 Å². The maximum absolute atomic E-state index is 11.5. The van der Waals surface area contributed by atoms with Crippen LogP contribution in [0, 0.1) is 0 Å². The highest BCUT2D eigenvalue weighted by atomic mass is 16.5. The molecule has 0 atom stereocenters. The molecule has 1 N–H and O–H groups in total. The Morgan fingerprint density at radius 1 is 1.33 bits per heavy atom. The van der Waals surface area contributed by atoms with Crippen molar-refractivity contribution in [1.29, 1.82) is 0 Å². The Labute approximate surface area is 125 Å². The molecule has 1 aromatic rings. The molecule has 0 bridgehead atoms. The predicted octanol–water partition coefficient (Wildman–Crippen LogP) is 3.70. The number of carbonyl (C=O) groups excluding carboxylic acids is 1. The quantitative estimate of drug-likeness (QED) is 0.472. The summed E-state index contributed by atoms with van der Waals surface area (Å²) in [5.74, 6) is 0.0974. The fourth-order valence-corrected chi connectivity index (χ4v) is 1.46. The molecule has 0 radical (unpaired) electrons. The molecule has 114 valence electrons. The monoisotopic (exact) mass is 290 g/mol.